The van der Waals surface area contributed by atoms with Crippen LogP contribution in [0.2, 0.25) is 0 Å². The fourth-order valence-corrected chi connectivity index (χ4v) is 2.79. The highest BCUT2D eigenvalue weighted by molar-refractivity contribution is 6.27. The molecule has 1 aromatic heterocycles. The number of carbonyl (C=O) groups is 2. The van der Waals surface area contributed by atoms with Crippen molar-refractivity contribution in [3.8, 4) is 11.3 Å². The molecule has 1 aliphatic rings. The molecule has 2 aromatic rings. The van der Waals surface area contributed by atoms with Crippen molar-refractivity contribution in [2.24, 2.45) is 7.05 Å². The number of carbonyl (C=O) groups excluding carboxylic acids is 2. The largest absolute Gasteiger partial charge is 0.347 e. The van der Waals surface area contributed by atoms with Gasteiger partial charge in [-0.3, -0.25) is 9.59 Å². The molecule has 0 atom stereocenters. The smallest absolute Gasteiger partial charge is 0.191 e. The van der Waals surface area contributed by atoms with Gasteiger partial charge >= 0.3 is 0 Å². The Morgan fingerprint density at radius 1 is 0.950 bits per heavy atom. The summed E-state index contributed by atoms with van der Waals surface area (Å²) in [6.45, 7) is 3.58. The van der Waals surface area contributed by atoms with Gasteiger partial charge in [0, 0.05) is 18.3 Å². The van der Waals surface area contributed by atoms with E-state index in [1.54, 1.807) is 6.92 Å². The summed E-state index contributed by atoms with van der Waals surface area (Å²) < 4.78 is 1.93. The van der Waals surface area contributed by atoms with E-state index in [4.69, 9.17) is 0 Å². The van der Waals surface area contributed by atoms with E-state index in [2.05, 4.69) is 0 Å². The van der Waals surface area contributed by atoms with Gasteiger partial charge in [0.15, 0.2) is 11.6 Å². The Bertz CT molecular complexity index is 764. The average Bonchev–Trinajstić information content (AvgIpc) is 2.71. The van der Waals surface area contributed by atoms with E-state index in [1.165, 1.54) is 6.08 Å². The van der Waals surface area contributed by atoms with Crippen LogP contribution in [0.4, 0.5) is 0 Å². The molecule has 0 bridgehead atoms. The van der Waals surface area contributed by atoms with Crippen molar-refractivity contribution < 1.29 is 9.59 Å². The molecule has 0 radical (unpaired) electrons. The number of allylic oxidation sites excluding steroid dienone is 2. The van der Waals surface area contributed by atoms with Crippen LogP contribution in [0.15, 0.2) is 42.0 Å². The number of hydrogen-bond donors (Lipinski definition) is 0. The summed E-state index contributed by atoms with van der Waals surface area (Å²) in [6.07, 6.45) is 1.44. The van der Waals surface area contributed by atoms with Crippen LogP contribution in [0, 0.1) is 6.92 Å². The molecular weight excluding hydrogens is 250 g/mol. The first-order chi connectivity index (χ1) is 9.52. The van der Waals surface area contributed by atoms with Crippen LogP contribution in [0.25, 0.3) is 11.3 Å². The van der Waals surface area contributed by atoms with Crippen molar-refractivity contribution in [2.45, 2.75) is 13.8 Å². The van der Waals surface area contributed by atoms with Crippen molar-refractivity contribution in [1.82, 2.24) is 4.57 Å². The quantitative estimate of drug-likeness (QED) is 0.793. The molecule has 20 heavy (non-hydrogen) atoms. The molecule has 0 fully saturated rings. The number of Topliss-reactive ketones (excluding diaryl/α,β-unsaturated/α-hetero) is 1. The first-order valence-electron chi connectivity index (χ1n) is 6.54. The van der Waals surface area contributed by atoms with Crippen LogP contribution in [-0.2, 0) is 7.05 Å². The summed E-state index contributed by atoms with van der Waals surface area (Å²) in [4.78, 5) is 24.7. The number of nitrogens with zero attached hydrogens (tertiary/aromatic N) is 1. The minimum absolute atomic E-state index is 0.0464. The molecule has 1 aromatic carbocycles. The Morgan fingerprint density at radius 2 is 1.60 bits per heavy atom. The minimum atomic E-state index is -0.0837. The molecule has 3 heteroatoms. The Hall–Kier alpha value is -2.42. The molecule has 0 saturated carbocycles. The van der Waals surface area contributed by atoms with Crippen LogP contribution in [0.5, 0.6) is 0 Å². The summed E-state index contributed by atoms with van der Waals surface area (Å²) in [6, 6.07) is 9.71. The average molecular weight is 265 g/mol. The summed E-state index contributed by atoms with van der Waals surface area (Å²) in [7, 11) is 1.89. The van der Waals surface area contributed by atoms with E-state index in [-0.39, 0.29) is 11.6 Å². The lowest BCUT2D eigenvalue weighted by molar-refractivity contribution is 0.0985. The number of fused-ring (bicyclic) bond motifs is 1. The summed E-state index contributed by atoms with van der Waals surface area (Å²) in [5.74, 6) is -0.130. The van der Waals surface area contributed by atoms with Crippen LogP contribution in [-0.4, -0.2) is 16.1 Å². The van der Waals surface area contributed by atoms with Crippen molar-refractivity contribution >= 4 is 11.6 Å². The van der Waals surface area contributed by atoms with E-state index < -0.39 is 0 Å². The second-order valence-corrected chi connectivity index (χ2v) is 5.13. The molecule has 1 heterocycles. The van der Waals surface area contributed by atoms with Gasteiger partial charge in [-0.2, -0.15) is 0 Å². The maximum Gasteiger partial charge on any atom is 0.191 e. The topological polar surface area (TPSA) is 39.1 Å². The van der Waals surface area contributed by atoms with Crippen LogP contribution in [0.3, 0.4) is 0 Å². The maximum atomic E-state index is 12.4. The van der Waals surface area contributed by atoms with Gasteiger partial charge in [0.25, 0.3) is 0 Å². The lowest BCUT2D eigenvalue weighted by Crippen LogP contribution is -2.14. The Labute approximate surface area is 117 Å². The predicted molar refractivity (Wildman–Crippen MR) is 78.0 cm³/mol. The van der Waals surface area contributed by atoms with Crippen molar-refractivity contribution in [1.29, 1.82) is 0 Å². The number of hydrogen-bond acceptors (Lipinski definition) is 2. The monoisotopic (exact) mass is 265 g/mol. The third-order valence-electron chi connectivity index (χ3n) is 3.91. The second-order valence-electron chi connectivity index (χ2n) is 5.13. The lowest BCUT2D eigenvalue weighted by atomic mass is 9.89. The molecule has 1 aliphatic carbocycles. The van der Waals surface area contributed by atoms with Crippen molar-refractivity contribution in [2.75, 3.05) is 0 Å². The lowest BCUT2D eigenvalue weighted by Gasteiger charge is -2.10. The van der Waals surface area contributed by atoms with Gasteiger partial charge in [0.1, 0.15) is 0 Å². The van der Waals surface area contributed by atoms with Gasteiger partial charge in [0.2, 0.25) is 0 Å². The van der Waals surface area contributed by atoms with Gasteiger partial charge in [-0.25, -0.2) is 0 Å². The highest BCUT2D eigenvalue weighted by Gasteiger charge is 2.31. The number of ketones is 2. The molecule has 3 rings (SSSR count). The van der Waals surface area contributed by atoms with Crippen LogP contribution in [0.1, 0.15) is 33.3 Å². The zero-order valence-corrected chi connectivity index (χ0v) is 11.7. The SMILES string of the molecule is CC1=CC(=O)c2c(c(C)n(C)c2-c2ccccc2)C1=O. The molecule has 100 valence electrons. The minimum Gasteiger partial charge on any atom is -0.347 e. The van der Waals surface area contributed by atoms with Crippen LogP contribution >= 0.6 is 0 Å². The van der Waals surface area contributed by atoms with E-state index in [9.17, 15) is 9.59 Å². The van der Waals surface area contributed by atoms with Gasteiger partial charge in [-0.1, -0.05) is 30.3 Å². The van der Waals surface area contributed by atoms with Gasteiger partial charge < -0.3 is 4.57 Å². The maximum absolute atomic E-state index is 12.4. The van der Waals surface area contributed by atoms with Gasteiger partial charge in [0.05, 0.1) is 16.8 Å². The van der Waals surface area contributed by atoms with Crippen LogP contribution < -0.4 is 0 Å². The number of benzene rings is 1. The Kier molecular flexibility index (Phi) is 2.71. The molecule has 3 nitrogen and oxygen atoms in total. The highest BCUT2D eigenvalue weighted by Crippen LogP contribution is 2.35. The molecule has 0 aliphatic heterocycles. The van der Waals surface area contributed by atoms with Crippen molar-refractivity contribution in [3.63, 3.8) is 0 Å². The first-order valence-corrected chi connectivity index (χ1v) is 6.54. The van der Waals surface area contributed by atoms with E-state index >= 15 is 0 Å². The highest BCUT2D eigenvalue weighted by atomic mass is 16.1. The first kappa shape index (κ1) is 12.6. The normalized spacial score (nSPS) is 14.2. The summed E-state index contributed by atoms with van der Waals surface area (Å²) in [5.41, 5.74) is 4.21. The second kappa shape index (κ2) is 4.30. The number of rotatable bonds is 1. The number of aromatic nitrogens is 1. The van der Waals surface area contributed by atoms with Crippen molar-refractivity contribution in [3.05, 3.63) is 58.8 Å². The van der Waals surface area contributed by atoms with Gasteiger partial charge in [-0.15, -0.1) is 0 Å². The molecule has 0 amide bonds. The standard InChI is InChI=1S/C17H15NO2/c1-10-9-13(19)15-14(17(10)20)11(2)18(3)16(15)12-7-5-4-6-8-12/h4-9H,1-3H3. The molecule has 0 unspecified atom stereocenters. The van der Waals surface area contributed by atoms with Gasteiger partial charge in [-0.05, 0) is 25.5 Å². The summed E-state index contributed by atoms with van der Waals surface area (Å²) in [5, 5.41) is 0. The fraction of sp³-hybridized carbons (Fsp3) is 0.176. The Morgan fingerprint density at radius 3 is 2.25 bits per heavy atom. The predicted octanol–water partition coefficient (Wildman–Crippen LogP) is 3.33. The third kappa shape index (κ3) is 1.59. The van der Waals surface area contributed by atoms with E-state index in [1.807, 2.05) is 48.9 Å². The summed E-state index contributed by atoms with van der Waals surface area (Å²) >= 11 is 0. The zero-order valence-electron chi connectivity index (χ0n) is 11.7. The van der Waals surface area contributed by atoms with E-state index in [0.29, 0.717) is 16.7 Å². The Balaban J connectivity index is 2.37. The molecule has 0 spiro atoms. The molecular formula is C17H15NO2. The zero-order chi connectivity index (χ0) is 14.4. The molecule has 0 saturated heterocycles. The fourth-order valence-electron chi connectivity index (χ4n) is 2.79. The third-order valence-corrected chi connectivity index (χ3v) is 3.91. The van der Waals surface area contributed by atoms with E-state index in [0.717, 1.165) is 17.0 Å². The molecule has 0 N–H and O–H groups in total.